The van der Waals surface area contributed by atoms with Crippen LogP contribution in [-0.2, 0) is 10.0 Å². The first kappa shape index (κ1) is 22.3. The number of rotatable bonds is 6. The fourth-order valence-corrected chi connectivity index (χ4v) is 6.23. The lowest BCUT2D eigenvalue weighted by Gasteiger charge is -2.27. The summed E-state index contributed by atoms with van der Waals surface area (Å²) in [6, 6.07) is 23.1. The van der Waals surface area contributed by atoms with Crippen molar-refractivity contribution in [3.63, 3.8) is 0 Å². The number of aromatic nitrogens is 1. The third-order valence-corrected chi connectivity index (χ3v) is 8.55. The van der Waals surface area contributed by atoms with Crippen LogP contribution in [0.1, 0.15) is 35.4 Å². The molecule has 1 heterocycles. The number of allylic oxidation sites excluding steroid dienone is 2. The number of nitrogens with zero attached hydrogens (tertiary/aromatic N) is 1. The predicted octanol–water partition coefficient (Wildman–Crippen LogP) is 6.09. The smallest absolute Gasteiger partial charge is 0.263 e. The van der Waals surface area contributed by atoms with Crippen LogP contribution < -0.4 is 4.74 Å². The lowest BCUT2D eigenvalue weighted by atomic mass is 9.95. The Morgan fingerprint density at radius 1 is 1.00 bits per heavy atom. The monoisotopic (exact) mass is 472 g/mol. The van der Waals surface area contributed by atoms with Gasteiger partial charge in [0.05, 0.1) is 12.0 Å². The van der Waals surface area contributed by atoms with Crippen LogP contribution in [0.15, 0.2) is 89.6 Å². The molecule has 1 aromatic heterocycles. The molecule has 0 amide bonds. The van der Waals surface area contributed by atoms with Crippen LogP contribution in [0.4, 0.5) is 0 Å². The van der Waals surface area contributed by atoms with Crippen molar-refractivity contribution in [2.24, 2.45) is 0 Å². The number of aromatic amines is 1. The molecular formula is C28H28N2O3S. The maximum absolute atomic E-state index is 13.8. The zero-order valence-electron chi connectivity index (χ0n) is 19.6. The molecule has 0 aliphatic heterocycles. The highest BCUT2D eigenvalue weighted by Gasteiger charge is 2.36. The van der Waals surface area contributed by atoms with Crippen LogP contribution in [0.2, 0.25) is 0 Å². The second-order valence-electron chi connectivity index (χ2n) is 8.76. The predicted molar refractivity (Wildman–Crippen MR) is 136 cm³/mol. The molecule has 0 fully saturated rings. The summed E-state index contributed by atoms with van der Waals surface area (Å²) >= 11 is 0. The summed E-state index contributed by atoms with van der Waals surface area (Å²) in [7, 11) is -0.391. The van der Waals surface area contributed by atoms with Crippen LogP contribution >= 0.6 is 0 Å². The molecule has 6 heteroatoms. The van der Waals surface area contributed by atoms with Crippen molar-refractivity contribution < 1.29 is 13.2 Å². The number of hydrogen-bond acceptors (Lipinski definition) is 3. The molecular weight excluding hydrogens is 444 g/mol. The van der Waals surface area contributed by atoms with Crippen molar-refractivity contribution >= 4 is 26.5 Å². The first-order valence-corrected chi connectivity index (χ1v) is 12.8. The van der Waals surface area contributed by atoms with Crippen molar-refractivity contribution in [2.45, 2.75) is 30.6 Å². The van der Waals surface area contributed by atoms with Crippen LogP contribution in [0.25, 0.3) is 16.5 Å². The molecule has 5 nitrogen and oxygen atoms in total. The number of benzene rings is 3. The van der Waals surface area contributed by atoms with Gasteiger partial charge >= 0.3 is 0 Å². The van der Waals surface area contributed by atoms with Crippen molar-refractivity contribution in [3.8, 4) is 5.75 Å². The molecule has 0 spiro atoms. The topological polar surface area (TPSA) is 62.4 Å². The van der Waals surface area contributed by atoms with E-state index in [2.05, 4.69) is 17.1 Å². The van der Waals surface area contributed by atoms with Crippen LogP contribution in [-0.4, -0.2) is 31.9 Å². The molecule has 174 valence electrons. The zero-order valence-corrected chi connectivity index (χ0v) is 20.4. The number of hydrogen-bond donors (Lipinski definition) is 1. The number of H-pyrrole nitrogens is 1. The number of aryl methyl sites for hydroxylation is 1. The maximum Gasteiger partial charge on any atom is 0.263 e. The van der Waals surface area contributed by atoms with E-state index >= 15 is 0 Å². The van der Waals surface area contributed by atoms with Gasteiger partial charge in [0.1, 0.15) is 5.75 Å². The number of likely N-dealkylation sites (N-methyl/N-ethyl adjacent to an activating group) is 1. The van der Waals surface area contributed by atoms with Crippen molar-refractivity contribution in [3.05, 3.63) is 101 Å². The van der Waals surface area contributed by atoms with E-state index in [-0.39, 0.29) is 5.92 Å². The van der Waals surface area contributed by atoms with E-state index in [1.165, 1.54) is 4.31 Å². The second-order valence-corrected chi connectivity index (χ2v) is 10.7. The maximum atomic E-state index is 13.8. The summed E-state index contributed by atoms with van der Waals surface area (Å²) in [5, 5.41) is 1.05. The average Bonchev–Trinajstić information content (AvgIpc) is 3.48. The van der Waals surface area contributed by atoms with Gasteiger partial charge in [-0.05, 0) is 66.8 Å². The first-order chi connectivity index (χ1) is 16.4. The Hall–Kier alpha value is -3.51. The normalized spacial score (nSPS) is 16.3. The van der Waals surface area contributed by atoms with Crippen molar-refractivity contribution in [2.75, 3.05) is 14.2 Å². The summed E-state index contributed by atoms with van der Waals surface area (Å²) in [6.45, 7) is 1.95. The molecule has 3 aromatic carbocycles. The fourth-order valence-electron chi connectivity index (χ4n) is 4.94. The molecule has 1 atom stereocenters. The standard InChI is InChI=1S/C28H28N2O3S/c1-19-9-12-22(13-10-19)34(31,32)30(2)28-23(20-7-5-4-6-8-20)14-15-24(28)26-18-29-27-16-11-21(33-3)17-25(26)27/h4-13,16-18,24,29H,14-15H2,1-3H3/t24-/m0/s1. The average molecular weight is 473 g/mol. The molecule has 1 N–H and O–H groups in total. The van der Waals surface area contributed by atoms with E-state index in [0.717, 1.165) is 57.5 Å². The molecule has 0 saturated heterocycles. The first-order valence-electron chi connectivity index (χ1n) is 11.4. The summed E-state index contributed by atoms with van der Waals surface area (Å²) in [5.41, 5.74) is 6.07. The highest BCUT2D eigenvalue weighted by molar-refractivity contribution is 7.89. The van der Waals surface area contributed by atoms with Gasteiger partial charge in [0.25, 0.3) is 10.0 Å². The lowest BCUT2D eigenvalue weighted by molar-refractivity contribution is 0.415. The van der Waals surface area contributed by atoms with Gasteiger partial charge in [0.15, 0.2) is 0 Å². The van der Waals surface area contributed by atoms with Gasteiger partial charge < -0.3 is 9.72 Å². The highest BCUT2D eigenvalue weighted by Crippen LogP contribution is 2.48. The van der Waals surface area contributed by atoms with Gasteiger partial charge in [-0.25, -0.2) is 8.42 Å². The Bertz CT molecular complexity index is 1470. The quantitative estimate of drug-likeness (QED) is 0.369. The number of fused-ring (bicyclic) bond motifs is 1. The van der Waals surface area contributed by atoms with E-state index < -0.39 is 10.0 Å². The second kappa shape index (κ2) is 8.69. The third kappa shape index (κ3) is 3.78. The summed E-state index contributed by atoms with van der Waals surface area (Å²) in [4.78, 5) is 3.66. The lowest BCUT2D eigenvalue weighted by Crippen LogP contribution is -2.28. The molecule has 1 aliphatic rings. The van der Waals surface area contributed by atoms with E-state index in [0.29, 0.717) is 4.90 Å². The summed E-state index contributed by atoms with van der Waals surface area (Å²) < 4.78 is 34.5. The Morgan fingerprint density at radius 3 is 2.44 bits per heavy atom. The minimum Gasteiger partial charge on any atom is -0.497 e. The Kier molecular flexibility index (Phi) is 5.70. The van der Waals surface area contributed by atoms with Gasteiger partial charge in [-0.15, -0.1) is 0 Å². The highest BCUT2D eigenvalue weighted by atomic mass is 32.2. The fraction of sp³-hybridized carbons (Fsp3) is 0.214. The molecule has 34 heavy (non-hydrogen) atoms. The molecule has 1 aliphatic carbocycles. The minimum atomic E-state index is -3.73. The van der Waals surface area contributed by atoms with E-state index in [9.17, 15) is 8.42 Å². The summed E-state index contributed by atoms with van der Waals surface area (Å²) in [5.74, 6) is 0.710. The largest absolute Gasteiger partial charge is 0.497 e. The number of methoxy groups -OCH3 is 1. The molecule has 0 saturated carbocycles. The van der Waals surface area contributed by atoms with Gasteiger partial charge in [-0.1, -0.05) is 48.0 Å². The Labute approximate surface area is 200 Å². The third-order valence-electron chi connectivity index (χ3n) is 6.76. The minimum absolute atomic E-state index is 0.0683. The van der Waals surface area contributed by atoms with Gasteiger partial charge in [-0.2, -0.15) is 0 Å². The Morgan fingerprint density at radius 2 is 1.74 bits per heavy atom. The molecule has 0 radical (unpaired) electrons. The van der Waals surface area contributed by atoms with Gasteiger partial charge in [-0.3, -0.25) is 4.31 Å². The van der Waals surface area contributed by atoms with Gasteiger partial charge in [0.2, 0.25) is 0 Å². The van der Waals surface area contributed by atoms with Crippen LogP contribution in [0, 0.1) is 6.92 Å². The van der Waals surface area contributed by atoms with E-state index in [1.807, 2.05) is 61.7 Å². The molecule has 5 rings (SSSR count). The SMILES string of the molecule is COc1ccc2[nH]cc([C@@H]3CCC(c4ccccc4)=C3N(C)S(=O)(=O)c3ccc(C)cc3)c2c1. The number of nitrogens with one attached hydrogen (secondary N) is 1. The number of ether oxygens (including phenoxy) is 1. The van der Waals surface area contributed by atoms with Gasteiger partial charge in [0, 0.05) is 35.8 Å². The summed E-state index contributed by atoms with van der Waals surface area (Å²) in [6.07, 6.45) is 3.64. The zero-order chi connectivity index (χ0) is 23.9. The van der Waals surface area contributed by atoms with Crippen molar-refractivity contribution in [1.29, 1.82) is 0 Å². The number of sulfonamides is 1. The molecule has 0 unspecified atom stereocenters. The van der Waals surface area contributed by atoms with Crippen LogP contribution in [0.3, 0.4) is 0 Å². The Balaban J connectivity index is 1.68. The van der Waals surface area contributed by atoms with E-state index in [4.69, 9.17) is 4.74 Å². The van der Waals surface area contributed by atoms with Crippen molar-refractivity contribution in [1.82, 2.24) is 9.29 Å². The molecule has 0 bridgehead atoms. The van der Waals surface area contributed by atoms with E-state index in [1.54, 1.807) is 26.3 Å². The molecule has 4 aromatic rings. The van der Waals surface area contributed by atoms with Crippen LogP contribution in [0.5, 0.6) is 5.75 Å².